The van der Waals surface area contributed by atoms with Gasteiger partial charge in [-0.05, 0) is 48.0 Å². The van der Waals surface area contributed by atoms with Crippen molar-refractivity contribution in [3.05, 3.63) is 84.2 Å². The van der Waals surface area contributed by atoms with Crippen molar-refractivity contribution < 1.29 is 28.1 Å². The van der Waals surface area contributed by atoms with Crippen LogP contribution in [0.3, 0.4) is 0 Å². The lowest BCUT2D eigenvalue weighted by atomic mass is 9.94. The van der Waals surface area contributed by atoms with Crippen LogP contribution in [0.1, 0.15) is 5.56 Å². The first-order chi connectivity index (χ1) is 16.4. The molecule has 2 N–H and O–H groups in total. The molecule has 1 heterocycles. The third-order valence-corrected chi connectivity index (χ3v) is 5.49. The van der Waals surface area contributed by atoms with E-state index in [0.29, 0.717) is 17.1 Å². The van der Waals surface area contributed by atoms with E-state index in [9.17, 15) is 23.6 Å². The van der Waals surface area contributed by atoms with E-state index in [1.165, 1.54) is 28.8 Å². The quantitative estimate of drug-likeness (QED) is 0.646. The van der Waals surface area contributed by atoms with Gasteiger partial charge in [0, 0.05) is 12.7 Å². The zero-order valence-electron chi connectivity index (χ0n) is 18.3. The van der Waals surface area contributed by atoms with Gasteiger partial charge in [0.05, 0.1) is 6.42 Å². The summed E-state index contributed by atoms with van der Waals surface area (Å²) in [5, 5.41) is 5.18. The Hall–Kier alpha value is -4.40. The molecule has 0 spiro atoms. The van der Waals surface area contributed by atoms with Crippen LogP contribution in [0.2, 0.25) is 0 Å². The fourth-order valence-electron chi connectivity index (χ4n) is 3.77. The van der Waals surface area contributed by atoms with Crippen LogP contribution in [0.4, 0.5) is 20.6 Å². The van der Waals surface area contributed by atoms with Crippen molar-refractivity contribution in [3.8, 4) is 0 Å². The number of benzene rings is 2. The molecule has 5 amide bonds. The molecule has 2 aliphatic rings. The summed E-state index contributed by atoms with van der Waals surface area (Å²) in [6.07, 6.45) is 6.88. The number of rotatable bonds is 6. The molecule has 1 aliphatic carbocycles. The number of carbonyl (C=O) groups is 4. The molecule has 0 bridgehead atoms. The molecule has 1 aliphatic heterocycles. The molecule has 2 aromatic rings. The van der Waals surface area contributed by atoms with Crippen LogP contribution in [0.5, 0.6) is 0 Å². The topological polar surface area (TPSA) is 98.6 Å². The maximum absolute atomic E-state index is 13.4. The van der Waals surface area contributed by atoms with Crippen LogP contribution in [0.25, 0.3) is 0 Å². The van der Waals surface area contributed by atoms with E-state index in [0.717, 1.165) is 10.5 Å². The molecule has 8 nitrogen and oxygen atoms in total. The molecule has 9 heteroatoms. The van der Waals surface area contributed by atoms with Gasteiger partial charge in [-0.1, -0.05) is 30.4 Å². The first kappa shape index (κ1) is 22.8. The molecule has 0 fully saturated rings. The van der Waals surface area contributed by atoms with E-state index in [1.54, 1.807) is 55.6 Å². The van der Waals surface area contributed by atoms with Gasteiger partial charge in [-0.3, -0.25) is 9.59 Å². The Morgan fingerprint density at radius 1 is 1.00 bits per heavy atom. The van der Waals surface area contributed by atoms with Crippen LogP contribution in [0.15, 0.2) is 72.8 Å². The highest BCUT2D eigenvalue weighted by Crippen LogP contribution is 2.26. The van der Waals surface area contributed by atoms with Crippen LogP contribution in [0, 0.1) is 11.7 Å². The van der Waals surface area contributed by atoms with Crippen molar-refractivity contribution >= 4 is 40.8 Å². The van der Waals surface area contributed by atoms with E-state index < -0.39 is 29.6 Å². The minimum absolute atomic E-state index is 0.158. The SMILES string of the molecule is CNC(=O)Cc1ccc(N2C(=O)C3C=CC=CC3=[N+](CC(=O)Nc3ccc(F)cc3)C2=O)cc1. The van der Waals surface area contributed by atoms with Gasteiger partial charge in [0.2, 0.25) is 5.91 Å². The van der Waals surface area contributed by atoms with Crippen LogP contribution < -0.4 is 15.5 Å². The molecule has 34 heavy (non-hydrogen) atoms. The number of halogens is 1. The summed E-state index contributed by atoms with van der Waals surface area (Å²) in [5.74, 6) is -2.25. The predicted octanol–water partition coefficient (Wildman–Crippen LogP) is 2.42. The monoisotopic (exact) mass is 461 g/mol. The Morgan fingerprint density at radius 2 is 1.71 bits per heavy atom. The van der Waals surface area contributed by atoms with Crippen molar-refractivity contribution in [1.29, 1.82) is 0 Å². The lowest BCUT2D eigenvalue weighted by Crippen LogP contribution is -2.56. The average Bonchev–Trinajstić information content (AvgIpc) is 2.84. The Labute approximate surface area is 195 Å². The summed E-state index contributed by atoms with van der Waals surface area (Å²) in [4.78, 5) is 51.9. The van der Waals surface area contributed by atoms with Gasteiger partial charge in [0.1, 0.15) is 23.1 Å². The number of nitrogens with zero attached hydrogens (tertiary/aromatic N) is 2. The second-order valence-corrected chi connectivity index (χ2v) is 7.76. The maximum atomic E-state index is 13.4. The van der Waals surface area contributed by atoms with Gasteiger partial charge in [-0.25, -0.2) is 9.18 Å². The summed E-state index contributed by atoms with van der Waals surface area (Å²) in [6.45, 7) is -0.335. The van der Waals surface area contributed by atoms with Gasteiger partial charge in [0.15, 0.2) is 6.54 Å². The molecule has 0 aromatic heterocycles. The summed E-state index contributed by atoms with van der Waals surface area (Å²) >= 11 is 0. The van der Waals surface area contributed by atoms with E-state index in [4.69, 9.17) is 0 Å². The highest BCUT2D eigenvalue weighted by Gasteiger charge is 2.48. The summed E-state index contributed by atoms with van der Waals surface area (Å²) in [7, 11) is 1.54. The second-order valence-electron chi connectivity index (χ2n) is 7.76. The summed E-state index contributed by atoms with van der Waals surface area (Å²) in [6, 6.07) is 11.1. The van der Waals surface area contributed by atoms with Crippen molar-refractivity contribution in [2.24, 2.45) is 5.92 Å². The normalized spacial score (nSPS) is 17.0. The largest absolute Gasteiger partial charge is 0.506 e. The van der Waals surface area contributed by atoms with E-state index in [2.05, 4.69) is 10.6 Å². The zero-order valence-corrected chi connectivity index (χ0v) is 18.3. The molecule has 0 saturated heterocycles. The molecule has 0 saturated carbocycles. The number of fused-ring (bicyclic) bond motifs is 1. The lowest BCUT2D eigenvalue weighted by Gasteiger charge is -2.26. The number of urea groups is 1. The number of hydrogen-bond acceptors (Lipinski definition) is 4. The van der Waals surface area contributed by atoms with Crippen molar-refractivity contribution in [2.45, 2.75) is 6.42 Å². The Balaban J connectivity index is 1.61. The van der Waals surface area contributed by atoms with Gasteiger partial charge in [-0.2, -0.15) is 9.37 Å². The number of hydrogen-bond donors (Lipinski definition) is 2. The molecule has 1 atom stereocenters. The first-order valence-corrected chi connectivity index (χ1v) is 10.6. The Kier molecular flexibility index (Phi) is 6.44. The van der Waals surface area contributed by atoms with E-state index >= 15 is 0 Å². The minimum Gasteiger partial charge on any atom is -0.359 e. The fourth-order valence-corrected chi connectivity index (χ4v) is 3.77. The summed E-state index contributed by atoms with van der Waals surface area (Å²) in [5.41, 5.74) is 1.85. The van der Waals surface area contributed by atoms with Gasteiger partial charge in [0.25, 0.3) is 5.91 Å². The van der Waals surface area contributed by atoms with Gasteiger partial charge < -0.3 is 10.6 Å². The number of anilines is 2. The number of nitrogens with one attached hydrogen (secondary N) is 2. The van der Waals surface area contributed by atoms with Gasteiger partial charge in [-0.15, -0.1) is 4.90 Å². The van der Waals surface area contributed by atoms with Crippen molar-refractivity contribution in [2.75, 3.05) is 23.8 Å². The maximum Gasteiger partial charge on any atom is 0.506 e. The van der Waals surface area contributed by atoms with E-state index in [1.807, 2.05) is 0 Å². The molecule has 0 radical (unpaired) electrons. The smallest absolute Gasteiger partial charge is 0.359 e. The zero-order chi connectivity index (χ0) is 24.2. The number of carbonyl (C=O) groups excluding carboxylic acids is 4. The molecule has 4 rings (SSSR count). The molecule has 1 unspecified atom stereocenters. The number of allylic oxidation sites excluding steroid dienone is 3. The standard InChI is InChI=1S/C25H21FN4O4/c1-27-22(31)14-16-6-12-19(13-7-16)30-24(33)20-4-2-3-5-21(20)29(25(30)34)15-23(32)28-18-10-8-17(26)9-11-18/h2-13,20H,14-15H2,1H3,(H-,27,28,31,32)/p+1. The third-order valence-electron chi connectivity index (χ3n) is 5.49. The number of likely N-dealkylation sites (N-methyl/N-ethyl adjacent to an activating group) is 1. The molecular weight excluding hydrogens is 439 g/mol. The first-order valence-electron chi connectivity index (χ1n) is 10.6. The lowest BCUT2D eigenvalue weighted by molar-refractivity contribution is -0.416. The highest BCUT2D eigenvalue weighted by atomic mass is 19.1. The predicted molar refractivity (Wildman–Crippen MR) is 124 cm³/mol. The van der Waals surface area contributed by atoms with Crippen LogP contribution >= 0.6 is 0 Å². The molecule has 2 aromatic carbocycles. The average molecular weight is 461 g/mol. The second kappa shape index (κ2) is 9.62. The number of imide groups is 1. The fraction of sp³-hybridized carbons (Fsp3) is 0.160. The van der Waals surface area contributed by atoms with Crippen molar-refractivity contribution in [1.82, 2.24) is 5.32 Å². The van der Waals surface area contributed by atoms with Crippen molar-refractivity contribution in [3.63, 3.8) is 0 Å². The Bertz CT molecular complexity index is 1250. The minimum atomic E-state index is -0.730. The number of amides is 5. The Morgan fingerprint density at radius 3 is 2.38 bits per heavy atom. The molecular formula is C25H22FN4O4+. The van der Waals surface area contributed by atoms with E-state index in [-0.39, 0.29) is 18.9 Å². The molecule has 172 valence electrons. The van der Waals surface area contributed by atoms with Crippen LogP contribution in [-0.2, 0) is 20.8 Å². The van der Waals surface area contributed by atoms with Gasteiger partial charge >= 0.3 is 11.9 Å². The third kappa shape index (κ3) is 4.68. The highest BCUT2D eigenvalue weighted by molar-refractivity contribution is 6.26. The summed E-state index contributed by atoms with van der Waals surface area (Å²) < 4.78 is 14.4. The van der Waals surface area contributed by atoms with Crippen LogP contribution in [-0.4, -0.2) is 47.6 Å².